The fraction of sp³-hybridized carbons (Fsp3) is 0.250. The van der Waals surface area contributed by atoms with Gasteiger partial charge in [-0.15, -0.1) is 0 Å². The number of halogens is 4. The number of hydrogen-bond donors (Lipinski definition) is 0. The summed E-state index contributed by atoms with van der Waals surface area (Å²) in [5, 5.41) is 0. The van der Waals surface area contributed by atoms with Crippen LogP contribution < -0.4 is 0 Å². The van der Waals surface area contributed by atoms with Gasteiger partial charge in [-0.3, -0.25) is 18.8 Å². The van der Waals surface area contributed by atoms with Crippen molar-refractivity contribution in [3.8, 4) is 0 Å². The van der Waals surface area contributed by atoms with E-state index < -0.39 is 0 Å². The van der Waals surface area contributed by atoms with Crippen LogP contribution in [0, 0.1) is 13.8 Å². The molecule has 0 radical (unpaired) electrons. The molecule has 0 saturated heterocycles. The van der Waals surface area contributed by atoms with Gasteiger partial charge in [-0.1, -0.05) is 35.4 Å². The first kappa shape index (κ1) is 22.4. The van der Waals surface area contributed by atoms with Crippen molar-refractivity contribution in [2.45, 2.75) is 13.8 Å². The zero-order valence-electron chi connectivity index (χ0n) is 6.94. The maximum atomic E-state index is 2.12. The van der Waals surface area contributed by atoms with E-state index in [1.54, 1.807) is 0 Å². The van der Waals surface area contributed by atoms with Crippen LogP contribution in [0.1, 0.15) is 11.1 Å². The maximum absolute atomic E-state index is 2.12. The lowest BCUT2D eigenvalue weighted by Gasteiger charge is -1.90. The van der Waals surface area contributed by atoms with E-state index in [-0.39, 0.29) is 18.8 Å². The second-order valence-corrected chi connectivity index (χ2v) is 2.15. The first-order valence-corrected chi connectivity index (χ1v) is 2.82. The smallest absolute Gasteiger partial charge is 0.0398 e. The van der Waals surface area contributed by atoms with Crippen LogP contribution in [0.15, 0.2) is 24.3 Å². The van der Waals surface area contributed by atoms with Gasteiger partial charge < -0.3 is 0 Å². The van der Waals surface area contributed by atoms with E-state index in [9.17, 15) is 0 Å². The first-order valence-electron chi connectivity index (χ1n) is 2.82. The molecule has 0 aliphatic carbocycles. The van der Waals surface area contributed by atoms with Gasteiger partial charge in [0.05, 0.1) is 0 Å². The highest BCUT2D eigenvalue weighted by Crippen LogP contribution is 1.99. The number of rotatable bonds is 0. The fourth-order valence-electron chi connectivity index (χ4n) is 0.637. The summed E-state index contributed by atoms with van der Waals surface area (Å²) in [6.07, 6.45) is 0. The van der Waals surface area contributed by atoms with E-state index >= 15 is 0 Å². The van der Waals surface area contributed by atoms with E-state index in [1.165, 1.54) is 11.1 Å². The van der Waals surface area contributed by atoms with Gasteiger partial charge >= 0.3 is 0 Å². The topological polar surface area (TPSA) is 0 Å². The summed E-state index contributed by atoms with van der Waals surface area (Å²) >= 11 is 0. The molecule has 0 N–H and O–H groups in total. The van der Waals surface area contributed by atoms with Crippen molar-refractivity contribution in [3.05, 3.63) is 35.4 Å². The molecule has 0 aliphatic rings. The second-order valence-electron chi connectivity index (χ2n) is 2.15. The van der Waals surface area contributed by atoms with Crippen LogP contribution in [-0.2, 0) is 0 Å². The van der Waals surface area contributed by atoms with E-state index in [2.05, 4.69) is 38.1 Å². The standard InChI is InChI=1S/C8H10.4FH/c1-7-3-5-8(2)6-4-7;;;;/h3-6H,1-2H3;4*1H. The number of benzene rings is 1. The molecule has 0 amide bonds. The normalized spacial score (nSPS) is 6.17. The summed E-state index contributed by atoms with van der Waals surface area (Å²) < 4.78 is 0. The van der Waals surface area contributed by atoms with Crippen molar-refractivity contribution >= 4 is 0 Å². The van der Waals surface area contributed by atoms with Gasteiger partial charge in [-0.2, -0.15) is 0 Å². The Bertz CT molecular complexity index is 150. The molecule has 0 bridgehead atoms. The van der Waals surface area contributed by atoms with Crippen LogP contribution >= 0.6 is 0 Å². The molecule has 1 rings (SSSR count). The maximum Gasteiger partial charge on any atom is -0.0398 e. The van der Waals surface area contributed by atoms with Crippen molar-refractivity contribution in [2.24, 2.45) is 0 Å². The summed E-state index contributed by atoms with van der Waals surface area (Å²) in [6.45, 7) is 4.19. The lowest BCUT2D eigenvalue weighted by Crippen LogP contribution is -1.70. The Hall–Kier alpha value is -1.06. The lowest BCUT2D eigenvalue weighted by molar-refractivity contribution is 1.11. The Morgan fingerprint density at radius 1 is 0.583 bits per heavy atom. The van der Waals surface area contributed by atoms with Gasteiger partial charge in [-0.05, 0) is 13.8 Å². The van der Waals surface area contributed by atoms with Crippen molar-refractivity contribution in [1.82, 2.24) is 0 Å². The Morgan fingerprint density at radius 2 is 0.750 bits per heavy atom. The van der Waals surface area contributed by atoms with Gasteiger partial charge in [0, 0.05) is 0 Å². The molecule has 1 aromatic carbocycles. The van der Waals surface area contributed by atoms with E-state index in [0.717, 1.165) is 0 Å². The third-order valence-electron chi connectivity index (χ3n) is 1.22. The highest BCUT2D eigenvalue weighted by Gasteiger charge is 1.79. The third kappa shape index (κ3) is 7.05. The Morgan fingerprint density at radius 3 is 0.917 bits per heavy atom. The Balaban J connectivity index is -0.0000000800. The molecule has 0 spiro atoms. The summed E-state index contributed by atoms with van der Waals surface area (Å²) in [7, 11) is 0. The van der Waals surface area contributed by atoms with Crippen LogP contribution in [-0.4, -0.2) is 0 Å². The molecule has 0 aromatic heterocycles. The highest BCUT2D eigenvalue weighted by molar-refractivity contribution is 5.19. The van der Waals surface area contributed by atoms with Crippen LogP contribution in [0.5, 0.6) is 0 Å². The number of aryl methyl sites for hydroxylation is 2. The summed E-state index contributed by atoms with van der Waals surface area (Å²) in [6, 6.07) is 8.48. The Kier molecular flexibility index (Phi) is 18.6. The minimum Gasteiger partial charge on any atom is -0.269 e. The molecule has 0 atom stereocenters. The van der Waals surface area contributed by atoms with Crippen LogP contribution in [0.25, 0.3) is 0 Å². The van der Waals surface area contributed by atoms with Gasteiger partial charge in [0.15, 0.2) is 0 Å². The van der Waals surface area contributed by atoms with Gasteiger partial charge in [-0.25, -0.2) is 0 Å². The average molecular weight is 186 g/mol. The molecule has 4 heteroatoms. The van der Waals surface area contributed by atoms with E-state index in [4.69, 9.17) is 0 Å². The van der Waals surface area contributed by atoms with Crippen molar-refractivity contribution in [2.75, 3.05) is 0 Å². The van der Waals surface area contributed by atoms with Crippen molar-refractivity contribution in [3.63, 3.8) is 0 Å². The molecule has 74 valence electrons. The zero-order valence-corrected chi connectivity index (χ0v) is 6.94. The SMILES string of the molecule is Cc1ccc(C)cc1.F.F.F.F. The van der Waals surface area contributed by atoms with Gasteiger partial charge in [0.1, 0.15) is 0 Å². The molecule has 0 unspecified atom stereocenters. The molecular weight excluding hydrogens is 172 g/mol. The van der Waals surface area contributed by atoms with Gasteiger partial charge in [0.25, 0.3) is 0 Å². The lowest BCUT2D eigenvalue weighted by atomic mass is 10.2. The van der Waals surface area contributed by atoms with Crippen LogP contribution in [0.2, 0.25) is 0 Å². The third-order valence-corrected chi connectivity index (χ3v) is 1.22. The minimum absolute atomic E-state index is 0. The largest absolute Gasteiger partial charge is 0.269 e. The Labute approximate surface area is 69.1 Å². The molecule has 0 aliphatic heterocycles. The average Bonchev–Trinajstić information content (AvgIpc) is 1.77. The van der Waals surface area contributed by atoms with Crippen molar-refractivity contribution < 1.29 is 18.8 Å². The molecule has 1 aromatic rings. The fourth-order valence-corrected chi connectivity index (χ4v) is 0.637. The molecule has 12 heavy (non-hydrogen) atoms. The number of hydrogen-bond acceptors (Lipinski definition) is 0. The molecule has 0 heterocycles. The summed E-state index contributed by atoms with van der Waals surface area (Å²) in [5.74, 6) is 0. The van der Waals surface area contributed by atoms with Crippen LogP contribution in [0.4, 0.5) is 18.8 Å². The monoisotopic (exact) mass is 186 g/mol. The minimum atomic E-state index is 0. The van der Waals surface area contributed by atoms with Crippen molar-refractivity contribution in [1.29, 1.82) is 0 Å². The predicted octanol–water partition coefficient (Wildman–Crippen LogP) is 2.91. The second kappa shape index (κ2) is 9.94. The first-order chi connectivity index (χ1) is 3.79. The molecule has 0 fully saturated rings. The quantitative estimate of drug-likeness (QED) is 0.546. The summed E-state index contributed by atoms with van der Waals surface area (Å²) in [5.41, 5.74) is 2.66. The van der Waals surface area contributed by atoms with E-state index in [1.807, 2.05) is 0 Å². The highest BCUT2D eigenvalue weighted by atomic mass is 19.0. The van der Waals surface area contributed by atoms with Crippen LogP contribution in [0.3, 0.4) is 0 Å². The zero-order chi connectivity index (χ0) is 5.98. The molecule has 0 nitrogen and oxygen atoms in total. The van der Waals surface area contributed by atoms with E-state index in [0.29, 0.717) is 0 Å². The predicted molar refractivity (Wildman–Crippen MR) is 45.9 cm³/mol. The molecule has 0 saturated carbocycles. The summed E-state index contributed by atoms with van der Waals surface area (Å²) in [4.78, 5) is 0. The molecular formula is C8H14F4. The van der Waals surface area contributed by atoms with Gasteiger partial charge in [0.2, 0.25) is 0 Å².